The second-order valence-electron chi connectivity index (χ2n) is 3.50. The molecule has 16 heavy (non-hydrogen) atoms. The molecule has 90 valence electrons. The van der Waals surface area contributed by atoms with Gasteiger partial charge in [0.1, 0.15) is 0 Å². The summed E-state index contributed by atoms with van der Waals surface area (Å²) in [6, 6.07) is 3.27. The van der Waals surface area contributed by atoms with E-state index in [4.69, 9.17) is 21.4 Å². The monoisotopic (exact) mass is 246 g/mol. The Kier molecular flexibility index (Phi) is 4.86. The van der Waals surface area contributed by atoms with Crippen molar-refractivity contribution in [3.8, 4) is 11.5 Å². The van der Waals surface area contributed by atoms with Crippen LogP contribution in [0, 0.1) is 0 Å². The molecular weight excluding hydrogens is 232 g/mol. The standard InChI is InChI=1S/C11H15ClO4/c1-16-10-5-7(2-3-8(14)6-13)4-9(12)11(10)15/h4-5,8,13-15H,2-3,6H2,1H3. The van der Waals surface area contributed by atoms with E-state index in [0.717, 1.165) is 5.56 Å². The van der Waals surface area contributed by atoms with Crippen molar-refractivity contribution >= 4 is 11.6 Å². The number of halogens is 1. The SMILES string of the molecule is COc1cc(CCC(O)CO)cc(Cl)c1O. The van der Waals surface area contributed by atoms with Crippen LogP contribution in [0.4, 0.5) is 0 Å². The Bertz CT molecular complexity index is 354. The second kappa shape index (κ2) is 5.94. The van der Waals surface area contributed by atoms with Gasteiger partial charge in [0, 0.05) is 0 Å². The lowest BCUT2D eigenvalue weighted by Gasteiger charge is -2.10. The molecule has 0 bridgehead atoms. The quantitative estimate of drug-likeness (QED) is 0.733. The summed E-state index contributed by atoms with van der Waals surface area (Å²) < 4.78 is 4.95. The van der Waals surface area contributed by atoms with E-state index in [1.54, 1.807) is 12.1 Å². The van der Waals surface area contributed by atoms with Gasteiger partial charge in [0.05, 0.1) is 24.8 Å². The van der Waals surface area contributed by atoms with Gasteiger partial charge in [-0.2, -0.15) is 0 Å². The number of aliphatic hydroxyl groups excluding tert-OH is 2. The van der Waals surface area contributed by atoms with Crippen molar-refractivity contribution in [2.75, 3.05) is 13.7 Å². The number of aromatic hydroxyl groups is 1. The molecule has 0 spiro atoms. The summed E-state index contributed by atoms with van der Waals surface area (Å²) in [6.45, 7) is -0.261. The fraction of sp³-hybridized carbons (Fsp3) is 0.455. The molecule has 5 heteroatoms. The maximum Gasteiger partial charge on any atom is 0.176 e. The predicted octanol–water partition coefficient (Wildman–Crippen LogP) is 1.34. The summed E-state index contributed by atoms with van der Waals surface area (Å²) >= 11 is 5.81. The Hall–Kier alpha value is -0.970. The van der Waals surface area contributed by atoms with Gasteiger partial charge in [-0.3, -0.25) is 0 Å². The largest absolute Gasteiger partial charge is 0.503 e. The van der Waals surface area contributed by atoms with E-state index in [-0.39, 0.29) is 17.4 Å². The molecule has 0 aliphatic heterocycles. The van der Waals surface area contributed by atoms with Crippen molar-refractivity contribution in [3.05, 3.63) is 22.7 Å². The van der Waals surface area contributed by atoms with Crippen molar-refractivity contribution in [2.45, 2.75) is 18.9 Å². The number of ether oxygens (including phenoxy) is 1. The number of phenols is 1. The lowest BCUT2D eigenvalue weighted by molar-refractivity contribution is 0.0885. The molecule has 3 N–H and O–H groups in total. The van der Waals surface area contributed by atoms with Crippen LogP contribution in [0.15, 0.2) is 12.1 Å². The third-order valence-corrected chi connectivity index (χ3v) is 2.57. The first-order valence-electron chi connectivity index (χ1n) is 4.92. The van der Waals surface area contributed by atoms with E-state index >= 15 is 0 Å². The van der Waals surface area contributed by atoms with Crippen LogP contribution in [0.25, 0.3) is 0 Å². The van der Waals surface area contributed by atoms with Gasteiger partial charge < -0.3 is 20.1 Å². The van der Waals surface area contributed by atoms with Crippen LogP contribution >= 0.6 is 11.6 Å². The van der Waals surface area contributed by atoms with E-state index < -0.39 is 6.10 Å². The fourth-order valence-electron chi connectivity index (χ4n) is 1.35. The van der Waals surface area contributed by atoms with E-state index in [1.807, 2.05) is 0 Å². The molecule has 0 amide bonds. The molecule has 0 aliphatic carbocycles. The maximum atomic E-state index is 9.50. The number of aryl methyl sites for hydroxylation is 1. The van der Waals surface area contributed by atoms with Crippen LogP contribution in [0.3, 0.4) is 0 Å². The number of hydrogen-bond donors (Lipinski definition) is 3. The molecule has 1 unspecified atom stereocenters. The predicted molar refractivity (Wildman–Crippen MR) is 61.1 cm³/mol. The van der Waals surface area contributed by atoms with Gasteiger partial charge in [-0.1, -0.05) is 11.6 Å². The first-order chi connectivity index (χ1) is 7.58. The first-order valence-corrected chi connectivity index (χ1v) is 5.30. The number of rotatable bonds is 5. The molecule has 1 aromatic carbocycles. The molecule has 0 radical (unpaired) electrons. The normalized spacial score (nSPS) is 12.5. The Morgan fingerprint density at radius 2 is 2.12 bits per heavy atom. The highest BCUT2D eigenvalue weighted by Crippen LogP contribution is 2.35. The van der Waals surface area contributed by atoms with Gasteiger partial charge in [0.25, 0.3) is 0 Å². The molecule has 4 nitrogen and oxygen atoms in total. The first kappa shape index (κ1) is 13.1. The topological polar surface area (TPSA) is 69.9 Å². The van der Waals surface area contributed by atoms with Gasteiger partial charge in [0.2, 0.25) is 0 Å². The average molecular weight is 247 g/mol. The number of phenolic OH excluding ortho intramolecular Hbond substituents is 1. The number of hydrogen-bond acceptors (Lipinski definition) is 4. The molecule has 0 heterocycles. The number of benzene rings is 1. The highest BCUT2D eigenvalue weighted by molar-refractivity contribution is 6.32. The minimum absolute atomic E-state index is 0.0874. The maximum absolute atomic E-state index is 9.50. The molecule has 1 rings (SSSR count). The van der Waals surface area contributed by atoms with Crippen LogP contribution in [-0.2, 0) is 6.42 Å². The molecule has 0 aliphatic rings. The Morgan fingerprint density at radius 3 is 2.69 bits per heavy atom. The van der Waals surface area contributed by atoms with Crippen molar-refractivity contribution in [1.82, 2.24) is 0 Å². The van der Waals surface area contributed by atoms with Crippen LogP contribution in [0.5, 0.6) is 11.5 Å². The lowest BCUT2D eigenvalue weighted by Crippen LogP contribution is -2.12. The second-order valence-corrected chi connectivity index (χ2v) is 3.91. The highest BCUT2D eigenvalue weighted by Gasteiger charge is 2.10. The molecular formula is C11H15ClO4. The summed E-state index contributed by atoms with van der Waals surface area (Å²) in [5, 5.41) is 27.6. The van der Waals surface area contributed by atoms with Crippen molar-refractivity contribution in [3.63, 3.8) is 0 Å². The van der Waals surface area contributed by atoms with Gasteiger partial charge >= 0.3 is 0 Å². The van der Waals surface area contributed by atoms with Crippen LogP contribution in [0.1, 0.15) is 12.0 Å². The average Bonchev–Trinajstić information content (AvgIpc) is 2.29. The van der Waals surface area contributed by atoms with Gasteiger partial charge in [-0.05, 0) is 30.5 Å². The zero-order valence-electron chi connectivity index (χ0n) is 8.98. The zero-order chi connectivity index (χ0) is 12.1. The van der Waals surface area contributed by atoms with E-state index in [9.17, 15) is 10.2 Å². The van der Waals surface area contributed by atoms with Crippen LogP contribution < -0.4 is 4.74 Å². The summed E-state index contributed by atoms with van der Waals surface area (Å²) in [5.41, 5.74) is 0.840. The molecule has 0 saturated carbocycles. The van der Waals surface area contributed by atoms with Gasteiger partial charge in [-0.25, -0.2) is 0 Å². The van der Waals surface area contributed by atoms with Crippen LogP contribution in [0.2, 0.25) is 5.02 Å². The van der Waals surface area contributed by atoms with E-state index in [0.29, 0.717) is 18.6 Å². The zero-order valence-corrected chi connectivity index (χ0v) is 9.74. The Morgan fingerprint density at radius 1 is 1.44 bits per heavy atom. The molecule has 0 saturated heterocycles. The Balaban J connectivity index is 2.78. The van der Waals surface area contributed by atoms with Crippen molar-refractivity contribution in [2.24, 2.45) is 0 Å². The third-order valence-electron chi connectivity index (χ3n) is 2.29. The Labute approximate surface area is 99.1 Å². The van der Waals surface area contributed by atoms with Gasteiger partial charge in [-0.15, -0.1) is 0 Å². The summed E-state index contributed by atoms with van der Waals surface area (Å²) in [5.74, 6) is 0.219. The minimum Gasteiger partial charge on any atom is -0.503 e. The smallest absolute Gasteiger partial charge is 0.176 e. The molecule has 0 fully saturated rings. The third kappa shape index (κ3) is 3.27. The number of methoxy groups -OCH3 is 1. The van der Waals surface area contributed by atoms with Crippen molar-refractivity contribution < 1.29 is 20.1 Å². The molecule has 1 atom stereocenters. The number of aliphatic hydroxyl groups is 2. The molecule has 1 aromatic rings. The lowest BCUT2D eigenvalue weighted by atomic mass is 10.1. The fourth-order valence-corrected chi connectivity index (χ4v) is 1.59. The highest BCUT2D eigenvalue weighted by atomic mass is 35.5. The molecule has 0 aromatic heterocycles. The van der Waals surface area contributed by atoms with Crippen molar-refractivity contribution in [1.29, 1.82) is 0 Å². The van der Waals surface area contributed by atoms with Crippen LogP contribution in [-0.4, -0.2) is 35.1 Å². The minimum atomic E-state index is -0.737. The summed E-state index contributed by atoms with van der Waals surface area (Å²) in [6.07, 6.45) is 0.248. The summed E-state index contributed by atoms with van der Waals surface area (Å²) in [7, 11) is 1.44. The van der Waals surface area contributed by atoms with Gasteiger partial charge in [0.15, 0.2) is 11.5 Å². The van der Waals surface area contributed by atoms with E-state index in [1.165, 1.54) is 7.11 Å². The summed E-state index contributed by atoms with van der Waals surface area (Å²) in [4.78, 5) is 0. The van der Waals surface area contributed by atoms with E-state index in [2.05, 4.69) is 0 Å².